The van der Waals surface area contributed by atoms with Crippen LogP contribution in [0.2, 0.25) is 0 Å². The molecule has 0 aromatic heterocycles. The third-order valence-corrected chi connectivity index (χ3v) is 4.06. The van der Waals surface area contributed by atoms with Gasteiger partial charge in [0.25, 0.3) is 0 Å². The van der Waals surface area contributed by atoms with E-state index in [0.29, 0.717) is 5.11 Å². The Morgan fingerprint density at radius 1 is 1.17 bits per heavy atom. The van der Waals surface area contributed by atoms with Crippen LogP contribution in [0.5, 0.6) is 5.75 Å². The van der Waals surface area contributed by atoms with E-state index in [1.54, 1.807) is 7.11 Å². The molecule has 0 spiro atoms. The van der Waals surface area contributed by atoms with Crippen molar-refractivity contribution in [3.05, 3.63) is 59.2 Å². The molecule has 2 N–H and O–H groups in total. The fourth-order valence-corrected chi connectivity index (χ4v) is 2.90. The summed E-state index contributed by atoms with van der Waals surface area (Å²) in [4.78, 5) is 0. The third-order valence-electron chi connectivity index (χ3n) is 3.84. The highest BCUT2D eigenvalue weighted by Crippen LogP contribution is 2.22. The van der Waals surface area contributed by atoms with Crippen molar-refractivity contribution in [2.24, 2.45) is 0 Å². The van der Waals surface area contributed by atoms with Crippen molar-refractivity contribution in [3.63, 3.8) is 0 Å². The number of hydrogen-bond acceptors (Lipinski definition) is 2. The minimum Gasteiger partial charge on any atom is -0.497 e. The molecular formula is C19H24N2OS. The van der Waals surface area contributed by atoms with Gasteiger partial charge in [-0.15, -0.1) is 0 Å². The molecule has 0 fully saturated rings. The second-order valence-electron chi connectivity index (χ2n) is 5.65. The van der Waals surface area contributed by atoms with Crippen LogP contribution in [0.3, 0.4) is 0 Å². The molecule has 4 heteroatoms. The molecule has 0 saturated heterocycles. The van der Waals surface area contributed by atoms with E-state index in [9.17, 15) is 0 Å². The molecule has 0 unspecified atom stereocenters. The Labute approximate surface area is 144 Å². The zero-order valence-electron chi connectivity index (χ0n) is 14.1. The van der Waals surface area contributed by atoms with Gasteiger partial charge in [0.05, 0.1) is 13.2 Å². The maximum Gasteiger partial charge on any atom is 0.171 e. The molecule has 1 atom stereocenters. The average Bonchev–Trinajstić information content (AvgIpc) is 2.53. The molecule has 122 valence electrons. The SMILES string of the molecule is CC[C@@H](NC(=S)Nc1cccc(OC)c1)c1ccc(C)cc1C. The number of rotatable bonds is 5. The summed E-state index contributed by atoms with van der Waals surface area (Å²) in [7, 11) is 1.66. The maximum absolute atomic E-state index is 5.46. The minimum absolute atomic E-state index is 0.196. The highest BCUT2D eigenvalue weighted by atomic mass is 32.1. The molecule has 3 nitrogen and oxygen atoms in total. The van der Waals surface area contributed by atoms with Gasteiger partial charge in [0.15, 0.2) is 5.11 Å². The smallest absolute Gasteiger partial charge is 0.171 e. The summed E-state index contributed by atoms with van der Waals surface area (Å²) in [6.07, 6.45) is 0.962. The summed E-state index contributed by atoms with van der Waals surface area (Å²) in [5.41, 5.74) is 4.76. The van der Waals surface area contributed by atoms with Crippen molar-refractivity contribution in [3.8, 4) is 5.75 Å². The first-order valence-electron chi connectivity index (χ1n) is 7.82. The largest absolute Gasteiger partial charge is 0.497 e. The molecule has 2 aromatic carbocycles. The number of ether oxygens (including phenoxy) is 1. The molecule has 2 aromatic rings. The Morgan fingerprint density at radius 3 is 2.61 bits per heavy atom. The number of aryl methyl sites for hydroxylation is 2. The Balaban J connectivity index is 2.07. The Bertz CT molecular complexity index is 685. The van der Waals surface area contributed by atoms with Gasteiger partial charge in [-0.05, 0) is 55.7 Å². The summed E-state index contributed by atoms with van der Waals surface area (Å²) < 4.78 is 5.23. The van der Waals surface area contributed by atoms with Crippen molar-refractivity contribution < 1.29 is 4.74 Å². The van der Waals surface area contributed by atoms with Crippen LogP contribution < -0.4 is 15.4 Å². The van der Waals surface area contributed by atoms with Crippen LogP contribution in [0, 0.1) is 13.8 Å². The van der Waals surface area contributed by atoms with Gasteiger partial charge in [-0.3, -0.25) is 0 Å². The molecule has 0 bridgehead atoms. The Hall–Kier alpha value is -2.07. The van der Waals surface area contributed by atoms with E-state index in [-0.39, 0.29) is 6.04 Å². The number of anilines is 1. The second kappa shape index (κ2) is 7.97. The van der Waals surface area contributed by atoms with Gasteiger partial charge in [-0.2, -0.15) is 0 Å². The van der Waals surface area contributed by atoms with Gasteiger partial charge in [-0.25, -0.2) is 0 Å². The van der Waals surface area contributed by atoms with Crippen LogP contribution in [0.4, 0.5) is 5.69 Å². The predicted octanol–water partition coefficient (Wildman–Crippen LogP) is 4.75. The summed E-state index contributed by atoms with van der Waals surface area (Å²) in [5.74, 6) is 0.805. The van der Waals surface area contributed by atoms with E-state index >= 15 is 0 Å². The van der Waals surface area contributed by atoms with Crippen molar-refractivity contribution in [2.75, 3.05) is 12.4 Å². The summed E-state index contributed by atoms with van der Waals surface area (Å²) in [5, 5.41) is 7.25. The van der Waals surface area contributed by atoms with Crippen LogP contribution in [-0.2, 0) is 0 Å². The fourth-order valence-electron chi connectivity index (χ4n) is 2.64. The molecule has 0 radical (unpaired) electrons. The monoisotopic (exact) mass is 328 g/mol. The summed E-state index contributed by atoms with van der Waals surface area (Å²) >= 11 is 5.46. The van der Waals surface area contributed by atoms with Crippen LogP contribution in [-0.4, -0.2) is 12.2 Å². The van der Waals surface area contributed by atoms with Gasteiger partial charge >= 0.3 is 0 Å². The topological polar surface area (TPSA) is 33.3 Å². The van der Waals surface area contributed by atoms with Gasteiger partial charge in [0.2, 0.25) is 0 Å². The highest BCUT2D eigenvalue weighted by molar-refractivity contribution is 7.80. The van der Waals surface area contributed by atoms with E-state index in [0.717, 1.165) is 17.9 Å². The van der Waals surface area contributed by atoms with E-state index in [1.165, 1.54) is 16.7 Å². The molecule has 2 rings (SSSR count). The molecule has 0 aliphatic heterocycles. The lowest BCUT2D eigenvalue weighted by Crippen LogP contribution is -2.32. The molecule has 0 amide bonds. The van der Waals surface area contributed by atoms with Crippen molar-refractivity contribution in [2.45, 2.75) is 33.2 Å². The first kappa shape index (κ1) is 17.3. The van der Waals surface area contributed by atoms with Gasteiger partial charge in [0, 0.05) is 11.8 Å². The van der Waals surface area contributed by atoms with E-state index in [1.807, 2.05) is 24.3 Å². The average molecular weight is 328 g/mol. The van der Waals surface area contributed by atoms with Crippen LogP contribution in [0.1, 0.15) is 36.1 Å². The molecule has 0 heterocycles. The van der Waals surface area contributed by atoms with E-state index < -0.39 is 0 Å². The molecular weight excluding hydrogens is 304 g/mol. The maximum atomic E-state index is 5.46. The number of benzene rings is 2. The van der Waals surface area contributed by atoms with Crippen LogP contribution in [0.25, 0.3) is 0 Å². The zero-order chi connectivity index (χ0) is 16.8. The van der Waals surface area contributed by atoms with Gasteiger partial charge in [0.1, 0.15) is 5.75 Å². The first-order chi connectivity index (χ1) is 11.0. The normalized spacial score (nSPS) is 11.7. The number of hydrogen-bond donors (Lipinski definition) is 2. The second-order valence-corrected chi connectivity index (χ2v) is 6.06. The number of nitrogens with one attached hydrogen (secondary N) is 2. The summed E-state index contributed by atoms with van der Waals surface area (Å²) in [6, 6.07) is 14.5. The van der Waals surface area contributed by atoms with Crippen molar-refractivity contribution in [1.29, 1.82) is 0 Å². The first-order valence-corrected chi connectivity index (χ1v) is 8.23. The van der Waals surface area contributed by atoms with Crippen LogP contribution >= 0.6 is 12.2 Å². The molecule has 0 saturated carbocycles. The summed E-state index contributed by atoms with van der Waals surface area (Å²) in [6.45, 7) is 6.41. The van der Waals surface area contributed by atoms with Gasteiger partial charge in [-0.1, -0.05) is 36.8 Å². The van der Waals surface area contributed by atoms with E-state index in [2.05, 4.69) is 49.6 Å². The lowest BCUT2D eigenvalue weighted by Gasteiger charge is -2.22. The number of thiocarbonyl (C=S) groups is 1. The lowest BCUT2D eigenvalue weighted by atomic mass is 9.98. The zero-order valence-corrected chi connectivity index (χ0v) is 15.0. The predicted molar refractivity (Wildman–Crippen MR) is 101 cm³/mol. The van der Waals surface area contributed by atoms with Gasteiger partial charge < -0.3 is 15.4 Å². The highest BCUT2D eigenvalue weighted by Gasteiger charge is 2.13. The Kier molecular flexibility index (Phi) is 5.99. The standard InChI is InChI=1S/C19H24N2OS/c1-5-18(17-10-9-13(2)11-14(17)3)21-19(23)20-15-7-6-8-16(12-15)22-4/h6-12,18H,5H2,1-4H3,(H2,20,21,23)/t18-/m1/s1. The van der Waals surface area contributed by atoms with Crippen LogP contribution in [0.15, 0.2) is 42.5 Å². The molecule has 23 heavy (non-hydrogen) atoms. The molecule has 0 aliphatic rings. The molecule has 0 aliphatic carbocycles. The quantitative estimate of drug-likeness (QED) is 0.776. The number of methoxy groups -OCH3 is 1. The lowest BCUT2D eigenvalue weighted by molar-refractivity contribution is 0.415. The minimum atomic E-state index is 0.196. The van der Waals surface area contributed by atoms with E-state index in [4.69, 9.17) is 17.0 Å². The van der Waals surface area contributed by atoms with Crippen molar-refractivity contribution in [1.82, 2.24) is 5.32 Å². The van der Waals surface area contributed by atoms with Crippen molar-refractivity contribution >= 4 is 23.0 Å². The Morgan fingerprint density at radius 2 is 1.96 bits per heavy atom. The fraction of sp³-hybridized carbons (Fsp3) is 0.316. The third kappa shape index (κ3) is 4.70.